The van der Waals surface area contributed by atoms with Gasteiger partial charge < -0.3 is 5.11 Å². The number of phenols is 1. The lowest BCUT2D eigenvalue weighted by molar-refractivity contribution is 0.183. The zero-order valence-corrected chi connectivity index (χ0v) is 11.3. The van der Waals surface area contributed by atoms with Crippen molar-refractivity contribution in [2.45, 2.75) is 51.1 Å². The molecule has 0 amide bonds. The van der Waals surface area contributed by atoms with Gasteiger partial charge in [-0.05, 0) is 55.8 Å². The molecule has 1 heterocycles. The first-order valence-electron chi connectivity index (χ1n) is 7.45. The second-order valence-corrected chi connectivity index (χ2v) is 6.01. The van der Waals surface area contributed by atoms with Crippen LogP contribution in [0.5, 0.6) is 5.75 Å². The number of hydrogen-bond donors (Lipinski definition) is 1. The highest BCUT2D eigenvalue weighted by Crippen LogP contribution is 2.36. The first-order valence-corrected chi connectivity index (χ1v) is 7.45. The number of halogens is 1. The van der Waals surface area contributed by atoms with Crippen molar-refractivity contribution in [1.82, 2.24) is 4.90 Å². The molecule has 0 bridgehead atoms. The molecule has 1 atom stereocenters. The zero-order chi connectivity index (χ0) is 13.2. The van der Waals surface area contributed by atoms with Crippen LogP contribution >= 0.6 is 0 Å². The molecule has 3 heteroatoms. The van der Waals surface area contributed by atoms with Crippen molar-refractivity contribution in [3.05, 3.63) is 29.6 Å². The molecular formula is C16H22FNO. The Hall–Kier alpha value is -1.09. The fourth-order valence-electron chi connectivity index (χ4n) is 3.81. The third-order valence-electron chi connectivity index (χ3n) is 4.76. The lowest BCUT2D eigenvalue weighted by Crippen LogP contribution is -2.34. The number of rotatable bonds is 3. The highest BCUT2D eigenvalue weighted by molar-refractivity contribution is 5.28. The largest absolute Gasteiger partial charge is 0.505 e. The number of benzene rings is 1. The summed E-state index contributed by atoms with van der Waals surface area (Å²) in [5.74, 6) is 0.0936. The highest BCUT2D eigenvalue weighted by atomic mass is 19.1. The van der Waals surface area contributed by atoms with Crippen LogP contribution in [-0.4, -0.2) is 22.6 Å². The van der Waals surface area contributed by atoms with Crippen molar-refractivity contribution in [3.63, 3.8) is 0 Å². The van der Waals surface area contributed by atoms with E-state index < -0.39 is 5.82 Å². The SMILES string of the molecule is Oc1ccc(CN2CCCC2C2CCCC2)cc1F. The van der Waals surface area contributed by atoms with Gasteiger partial charge in [-0.3, -0.25) is 4.90 Å². The molecule has 0 radical (unpaired) electrons. The summed E-state index contributed by atoms with van der Waals surface area (Å²) in [5.41, 5.74) is 0.972. The summed E-state index contributed by atoms with van der Waals surface area (Å²) in [7, 11) is 0. The van der Waals surface area contributed by atoms with E-state index in [1.807, 2.05) is 6.07 Å². The van der Waals surface area contributed by atoms with Gasteiger partial charge in [0.15, 0.2) is 11.6 Å². The molecule has 3 rings (SSSR count). The quantitative estimate of drug-likeness (QED) is 0.899. The number of likely N-dealkylation sites (tertiary alicyclic amines) is 1. The first kappa shape index (κ1) is 12.9. The summed E-state index contributed by atoms with van der Waals surface area (Å²) in [5, 5.41) is 9.24. The van der Waals surface area contributed by atoms with Crippen molar-refractivity contribution in [1.29, 1.82) is 0 Å². The van der Waals surface area contributed by atoms with Gasteiger partial charge in [-0.2, -0.15) is 0 Å². The second-order valence-electron chi connectivity index (χ2n) is 6.01. The van der Waals surface area contributed by atoms with Gasteiger partial charge in [-0.25, -0.2) is 4.39 Å². The molecule has 0 spiro atoms. The molecule has 1 N–H and O–H groups in total. The topological polar surface area (TPSA) is 23.5 Å². The summed E-state index contributed by atoms with van der Waals surface area (Å²) in [4.78, 5) is 2.52. The second kappa shape index (κ2) is 5.49. The van der Waals surface area contributed by atoms with Crippen LogP contribution in [0, 0.1) is 11.7 Å². The molecule has 1 aromatic rings. The normalized spacial score (nSPS) is 25.2. The number of hydrogen-bond acceptors (Lipinski definition) is 2. The maximum Gasteiger partial charge on any atom is 0.165 e. The third-order valence-corrected chi connectivity index (χ3v) is 4.76. The van der Waals surface area contributed by atoms with E-state index in [0.29, 0.717) is 6.04 Å². The molecule has 1 aromatic carbocycles. The van der Waals surface area contributed by atoms with Crippen molar-refractivity contribution < 1.29 is 9.50 Å². The molecule has 2 aliphatic rings. The molecule has 1 aliphatic carbocycles. The van der Waals surface area contributed by atoms with E-state index in [9.17, 15) is 9.50 Å². The van der Waals surface area contributed by atoms with Gasteiger partial charge in [-0.1, -0.05) is 18.9 Å². The van der Waals surface area contributed by atoms with E-state index in [-0.39, 0.29) is 5.75 Å². The van der Waals surface area contributed by atoms with Crippen LogP contribution in [0.4, 0.5) is 4.39 Å². The molecule has 0 aromatic heterocycles. The molecule has 2 fully saturated rings. The Balaban J connectivity index is 1.69. The van der Waals surface area contributed by atoms with Gasteiger partial charge in [0.25, 0.3) is 0 Å². The smallest absolute Gasteiger partial charge is 0.165 e. The zero-order valence-electron chi connectivity index (χ0n) is 11.3. The summed E-state index contributed by atoms with van der Waals surface area (Å²) >= 11 is 0. The van der Waals surface area contributed by atoms with E-state index in [4.69, 9.17) is 0 Å². The van der Waals surface area contributed by atoms with E-state index in [1.165, 1.54) is 50.7 Å². The molecule has 1 aliphatic heterocycles. The molecular weight excluding hydrogens is 241 g/mol. The summed E-state index contributed by atoms with van der Waals surface area (Å²) in [6, 6.07) is 5.46. The van der Waals surface area contributed by atoms with Crippen LogP contribution < -0.4 is 0 Å². The molecule has 19 heavy (non-hydrogen) atoms. The molecule has 1 saturated heterocycles. The van der Waals surface area contributed by atoms with Crippen LogP contribution in [0.25, 0.3) is 0 Å². The molecule has 1 unspecified atom stereocenters. The Morgan fingerprint density at radius 3 is 2.68 bits per heavy atom. The Morgan fingerprint density at radius 1 is 1.16 bits per heavy atom. The van der Waals surface area contributed by atoms with Crippen LogP contribution in [0.15, 0.2) is 18.2 Å². The molecule has 2 nitrogen and oxygen atoms in total. The predicted molar refractivity (Wildman–Crippen MR) is 73.5 cm³/mol. The van der Waals surface area contributed by atoms with E-state index in [1.54, 1.807) is 0 Å². The van der Waals surface area contributed by atoms with Crippen LogP contribution in [0.1, 0.15) is 44.1 Å². The average molecular weight is 263 g/mol. The maximum atomic E-state index is 13.4. The van der Waals surface area contributed by atoms with Crippen molar-refractivity contribution in [2.24, 2.45) is 5.92 Å². The third kappa shape index (κ3) is 2.76. The Kier molecular flexibility index (Phi) is 3.74. The van der Waals surface area contributed by atoms with Gasteiger partial charge in [-0.15, -0.1) is 0 Å². The summed E-state index contributed by atoms with van der Waals surface area (Å²) < 4.78 is 13.4. The minimum atomic E-state index is -0.505. The fraction of sp³-hybridized carbons (Fsp3) is 0.625. The standard InChI is InChI=1S/C16H22FNO/c17-14-10-12(7-8-16(14)19)11-18-9-3-6-15(18)13-4-1-2-5-13/h7-8,10,13,15,19H,1-6,9,11H2. The van der Waals surface area contributed by atoms with E-state index >= 15 is 0 Å². The maximum absolute atomic E-state index is 13.4. The van der Waals surface area contributed by atoms with Gasteiger partial charge in [0.1, 0.15) is 0 Å². The lowest BCUT2D eigenvalue weighted by Gasteiger charge is -2.29. The number of phenolic OH excluding ortho intramolecular Hbond substituents is 1. The number of aromatic hydroxyl groups is 1. The average Bonchev–Trinajstić information content (AvgIpc) is 3.04. The van der Waals surface area contributed by atoms with Crippen LogP contribution in [-0.2, 0) is 6.54 Å². The van der Waals surface area contributed by atoms with Gasteiger partial charge >= 0.3 is 0 Å². The Labute approximate surface area is 114 Å². The molecule has 1 saturated carbocycles. The van der Waals surface area contributed by atoms with Crippen molar-refractivity contribution in [2.75, 3.05) is 6.54 Å². The van der Waals surface area contributed by atoms with Gasteiger partial charge in [0, 0.05) is 12.6 Å². The lowest BCUT2D eigenvalue weighted by atomic mass is 9.96. The fourth-order valence-corrected chi connectivity index (χ4v) is 3.81. The Morgan fingerprint density at radius 2 is 1.95 bits per heavy atom. The van der Waals surface area contributed by atoms with Gasteiger partial charge in [0.2, 0.25) is 0 Å². The minimum absolute atomic E-state index is 0.252. The first-order chi connectivity index (χ1) is 9.24. The summed E-state index contributed by atoms with van der Waals surface area (Å²) in [6.07, 6.45) is 8.05. The number of nitrogens with zero attached hydrogens (tertiary/aromatic N) is 1. The van der Waals surface area contributed by atoms with E-state index in [2.05, 4.69) is 4.90 Å². The Bertz CT molecular complexity index is 442. The monoisotopic (exact) mass is 263 g/mol. The summed E-state index contributed by atoms with van der Waals surface area (Å²) in [6.45, 7) is 1.95. The van der Waals surface area contributed by atoms with Crippen LogP contribution in [0.2, 0.25) is 0 Å². The minimum Gasteiger partial charge on any atom is -0.505 e. The van der Waals surface area contributed by atoms with Crippen LogP contribution in [0.3, 0.4) is 0 Å². The van der Waals surface area contributed by atoms with Gasteiger partial charge in [0.05, 0.1) is 0 Å². The van der Waals surface area contributed by atoms with Crippen molar-refractivity contribution >= 4 is 0 Å². The highest BCUT2D eigenvalue weighted by Gasteiger charge is 2.33. The van der Waals surface area contributed by atoms with Crippen molar-refractivity contribution in [3.8, 4) is 5.75 Å². The van der Waals surface area contributed by atoms with E-state index in [0.717, 1.165) is 24.6 Å². The predicted octanol–water partition coefficient (Wildman–Crippen LogP) is 3.69. The molecule has 104 valence electrons.